The van der Waals surface area contributed by atoms with Crippen molar-refractivity contribution in [1.82, 2.24) is 0 Å². The highest BCUT2D eigenvalue weighted by Crippen LogP contribution is 2.54. The summed E-state index contributed by atoms with van der Waals surface area (Å²) < 4.78 is 9.64. The topological polar surface area (TPSA) is 98.3 Å². The molecule has 3 N–H and O–H groups in total. The second kappa shape index (κ2) is 7.72. The highest BCUT2D eigenvalue weighted by Gasteiger charge is 2.53. The van der Waals surface area contributed by atoms with Gasteiger partial charge in [0.05, 0.1) is 25.3 Å². The standard InChI is InChI=1S/C21H28N2O5S/c1-11-16(19(25)27-2)18(29-17(11)20(26)28-3)23-15(24)10-22-21-7-12-4-13(8-21)6-14(5-12)9-21/h12-14,22H,4-10H2,1-3H3,(H,23,24)/p+1. The molecule has 1 aromatic heterocycles. The van der Waals surface area contributed by atoms with Crippen LogP contribution in [0.4, 0.5) is 5.00 Å². The Morgan fingerprint density at radius 1 is 1.03 bits per heavy atom. The molecule has 0 radical (unpaired) electrons. The van der Waals surface area contributed by atoms with E-state index in [1.807, 2.05) is 0 Å². The summed E-state index contributed by atoms with van der Waals surface area (Å²) in [6, 6.07) is 0. The SMILES string of the molecule is COC(=O)c1sc(NC(=O)C[NH2+]C23CC4CC(CC(C4)C2)C3)c(C(=O)OC)c1C. The molecular weight excluding hydrogens is 392 g/mol. The molecule has 0 aliphatic heterocycles. The van der Waals surface area contributed by atoms with Crippen LogP contribution in [0.1, 0.15) is 64.1 Å². The van der Waals surface area contributed by atoms with Crippen molar-refractivity contribution in [3.8, 4) is 0 Å². The second-order valence-electron chi connectivity index (χ2n) is 8.98. The smallest absolute Gasteiger partial charge is 0.348 e. The average Bonchev–Trinajstić information content (AvgIpc) is 3.00. The minimum atomic E-state index is -0.575. The van der Waals surface area contributed by atoms with Crippen LogP contribution in [0.2, 0.25) is 0 Å². The summed E-state index contributed by atoms with van der Waals surface area (Å²) in [5.74, 6) is 1.22. The molecule has 4 bridgehead atoms. The Labute approximate surface area is 174 Å². The molecule has 158 valence electrons. The van der Waals surface area contributed by atoms with Crippen LogP contribution in [-0.2, 0) is 14.3 Å². The van der Waals surface area contributed by atoms with Crippen molar-refractivity contribution < 1.29 is 29.2 Å². The maximum Gasteiger partial charge on any atom is 0.348 e. The maximum absolute atomic E-state index is 12.7. The lowest BCUT2D eigenvalue weighted by Gasteiger charge is -2.54. The fourth-order valence-corrected chi connectivity index (χ4v) is 7.28. The summed E-state index contributed by atoms with van der Waals surface area (Å²) in [5, 5.41) is 5.41. The van der Waals surface area contributed by atoms with Gasteiger partial charge in [-0.1, -0.05) is 0 Å². The second-order valence-corrected chi connectivity index (χ2v) is 10.0. The van der Waals surface area contributed by atoms with Crippen molar-refractivity contribution in [2.24, 2.45) is 17.8 Å². The van der Waals surface area contributed by atoms with Crippen LogP contribution in [0, 0.1) is 24.7 Å². The Morgan fingerprint density at radius 3 is 2.10 bits per heavy atom. The van der Waals surface area contributed by atoms with Crippen molar-refractivity contribution >= 4 is 34.2 Å². The number of amides is 1. The van der Waals surface area contributed by atoms with Gasteiger partial charge < -0.3 is 20.1 Å². The first-order valence-electron chi connectivity index (χ1n) is 10.3. The largest absolute Gasteiger partial charge is 0.465 e. The molecule has 4 aliphatic rings. The van der Waals surface area contributed by atoms with Gasteiger partial charge in [-0.2, -0.15) is 0 Å². The minimum absolute atomic E-state index is 0.163. The molecule has 0 unspecified atom stereocenters. The van der Waals surface area contributed by atoms with Gasteiger partial charge in [0.15, 0.2) is 6.54 Å². The van der Waals surface area contributed by atoms with Crippen LogP contribution in [0.15, 0.2) is 0 Å². The van der Waals surface area contributed by atoms with E-state index in [-0.39, 0.29) is 17.0 Å². The summed E-state index contributed by atoms with van der Waals surface area (Å²) >= 11 is 1.05. The molecule has 4 fully saturated rings. The molecular formula is C21H29N2O5S+. The van der Waals surface area contributed by atoms with Crippen molar-refractivity contribution in [1.29, 1.82) is 0 Å². The molecule has 1 aromatic rings. The van der Waals surface area contributed by atoms with Gasteiger partial charge in [-0.3, -0.25) is 4.79 Å². The van der Waals surface area contributed by atoms with E-state index in [0.717, 1.165) is 29.1 Å². The minimum Gasteiger partial charge on any atom is -0.465 e. The first-order chi connectivity index (χ1) is 13.8. The van der Waals surface area contributed by atoms with Crippen LogP contribution in [0.3, 0.4) is 0 Å². The Kier molecular flexibility index (Phi) is 5.42. The number of hydrogen-bond donors (Lipinski definition) is 2. The van der Waals surface area contributed by atoms with Gasteiger partial charge in [0.2, 0.25) is 0 Å². The van der Waals surface area contributed by atoms with Crippen molar-refractivity contribution in [3.63, 3.8) is 0 Å². The predicted molar refractivity (Wildman–Crippen MR) is 108 cm³/mol. The summed E-state index contributed by atoms with van der Waals surface area (Å²) in [7, 11) is 2.57. The highest BCUT2D eigenvalue weighted by atomic mass is 32.1. The molecule has 0 spiro atoms. The van der Waals surface area contributed by atoms with E-state index in [0.29, 0.717) is 22.0 Å². The summed E-state index contributed by atoms with van der Waals surface area (Å²) in [6.45, 7) is 1.98. The Morgan fingerprint density at radius 2 is 1.59 bits per heavy atom. The van der Waals surface area contributed by atoms with E-state index in [1.165, 1.54) is 52.7 Å². The Balaban J connectivity index is 1.46. The molecule has 8 heteroatoms. The highest BCUT2D eigenvalue weighted by molar-refractivity contribution is 7.18. The lowest BCUT2D eigenvalue weighted by Crippen LogP contribution is -3.00. The molecule has 0 atom stereocenters. The number of esters is 2. The molecule has 1 heterocycles. The van der Waals surface area contributed by atoms with Crippen LogP contribution in [-0.4, -0.2) is 44.1 Å². The number of carbonyl (C=O) groups is 3. The molecule has 7 nitrogen and oxygen atoms in total. The van der Waals surface area contributed by atoms with Gasteiger partial charge in [-0.05, 0) is 49.5 Å². The monoisotopic (exact) mass is 421 g/mol. The third-order valence-corrected chi connectivity index (χ3v) is 8.15. The zero-order valence-electron chi connectivity index (χ0n) is 17.2. The molecule has 29 heavy (non-hydrogen) atoms. The third kappa shape index (κ3) is 3.80. The number of nitrogens with one attached hydrogen (secondary N) is 1. The van der Waals surface area contributed by atoms with Gasteiger partial charge in [-0.15, -0.1) is 11.3 Å². The summed E-state index contributed by atoms with van der Waals surface area (Å²) in [5.41, 5.74) is 0.898. The Bertz CT molecular complexity index is 811. The van der Waals surface area contributed by atoms with E-state index in [4.69, 9.17) is 9.47 Å². The van der Waals surface area contributed by atoms with E-state index >= 15 is 0 Å². The zero-order valence-corrected chi connectivity index (χ0v) is 18.0. The van der Waals surface area contributed by atoms with Crippen molar-refractivity contribution in [3.05, 3.63) is 16.0 Å². The number of nitrogens with two attached hydrogens (primary N) is 1. The van der Waals surface area contributed by atoms with Crippen molar-refractivity contribution in [2.75, 3.05) is 26.1 Å². The van der Waals surface area contributed by atoms with Crippen LogP contribution in [0.5, 0.6) is 0 Å². The van der Waals surface area contributed by atoms with Gasteiger partial charge in [-0.25, -0.2) is 9.59 Å². The first-order valence-corrected chi connectivity index (χ1v) is 11.1. The quantitative estimate of drug-likeness (QED) is 0.686. The number of carbonyl (C=O) groups excluding carboxylic acids is 3. The van der Waals surface area contributed by atoms with E-state index in [9.17, 15) is 14.4 Å². The number of anilines is 1. The van der Waals surface area contributed by atoms with E-state index in [2.05, 4.69) is 10.6 Å². The molecule has 4 saturated carbocycles. The molecule has 0 saturated heterocycles. The zero-order chi connectivity index (χ0) is 20.8. The number of methoxy groups -OCH3 is 2. The molecule has 5 rings (SSSR count). The van der Waals surface area contributed by atoms with Crippen LogP contribution < -0.4 is 10.6 Å². The number of thiophene rings is 1. The first kappa shape index (κ1) is 20.3. The molecule has 1 amide bonds. The number of ether oxygens (including phenoxy) is 2. The number of rotatable bonds is 6. The summed E-state index contributed by atoms with van der Waals surface area (Å²) in [6.07, 6.45) is 7.74. The van der Waals surface area contributed by atoms with E-state index < -0.39 is 11.9 Å². The summed E-state index contributed by atoms with van der Waals surface area (Å²) in [4.78, 5) is 37.2. The van der Waals surface area contributed by atoms with Gasteiger partial charge >= 0.3 is 11.9 Å². The van der Waals surface area contributed by atoms with E-state index in [1.54, 1.807) is 6.92 Å². The lowest BCUT2D eigenvalue weighted by molar-refractivity contribution is -0.729. The maximum atomic E-state index is 12.7. The average molecular weight is 422 g/mol. The van der Waals surface area contributed by atoms with Crippen molar-refractivity contribution in [2.45, 2.75) is 51.0 Å². The number of quaternary nitrogens is 1. The third-order valence-electron chi connectivity index (χ3n) is 6.97. The fourth-order valence-electron chi connectivity index (χ4n) is 6.15. The normalized spacial score (nSPS) is 29.6. The van der Waals surface area contributed by atoms with Gasteiger partial charge in [0.1, 0.15) is 9.88 Å². The fraction of sp³-hybridized carbons (Fsp3) is 0.667. The predicted octanol–water partition coefficient (Wildman–Crippen LogP) is 2.10. The van der Waals surface area contributed by atoms with Crippen LogP contribution in [0.25, 0.3) is 0 Å². The number of hydrogen-bond acceptors (Lipinski definition) is 6. The Hall–Kier alpha value is -1.93. The van der Waals surface area contributed by atoms with Gasteiger partial charge in [0.25, 0.3) is 5.91 Å². The molecule has 0 aromatic carbocycles. The molecule has 4 aliphatic carbocycles. The van der Waals surface area contributed by atoms with Crippen LogP contribution >= 0.6 is 11.3 Å². The lowest BCUT2D eigenvalue weighted by atomic mass is 9.53. The van der Waals surface area contributed by atoms with Gasteiger partial charge in [0, 0.05) is 19.3 Å².